The van der Waals surface area contributed by atoms with Gasteiger partial charge in [-0.05, 0) is 25.5 Å². The lowest BCUT2D eigenvalue weighted by Crippen LogP contribution is -1.85. The third-order valence-corrected chi connectivity index (χ3v) is 2.19. The van der Waals surface area contributed by atoms with Crippen LogP contribution in [-0.2, 0) is 0 Å². The Morgan fingerprint density at radius 2 is 2.19 bits per heavy atom. The smallest absolute Gasteiger partial charge is 0.0420 e. The van der Waals surface area contributed by atoms with Gasteiger partial charge in [0, 0.05) is 18.9 Å². The third kappa shape index (κ3) is 10.8. The van der Waals surface area contributed by atoms with Crippen LogP contribution in [0.25, 0.3) is 0 Å². The van der Waals surface area contributed by atoms with E-state index in [-0.39, 0.29) is 0 Å². The van der Waals surface area contributed by atoms with Crippen LogP contribution in [0.15, 0.2) is 29.8 Å². The molecule has 0 aliphatic carbocycles. The van der Waals surface area contributed by atoms with E-state index in [0.717, 1.165) is 32.2 Å². The summed E-state index contributed by atoms with van der Waals surface area (Å²) in [7, 11) is 0. The van der Waals surface area contributed by atoms with Crippen LogP contribution in [0.4, 0.5) is 0 Å². The second-order valence-electron chi connectivity index (χ2n) is 3.71. The van der Waals surface area contributed by atoms with Gasteiger partial charge in [0.2, 0.25) is 0 Å². The Balaban J connectivity index is 3.43. The summed E-state index contributed by atoms with van der Waals surface area (Å²) in [6.45, 7) is 8.80. The predicted octanol–water partition coefficient (Wildman–Crippen LogP) is 4.02. The van der Waals surface area contributed by atoms with E-state index in [4.69, 9.17) is 0 Å². The van der Waals surface area contributed by atoms with Crippen LogP contribution >= 0.6 is 0 Å². The molecule has 0 saturated heterocycles. The van der Waals surface area contributed by atoms with Crippen LogP contribution in [0, 0.1) is 17.8 Å². The summed E-state index contributed by atoms with van der Waals surface area (Å²) >= 11 is 0. The molecule has 0 fully saturated rings. The molecule has 1 heteroatoms. The van der Waals surface area contributed by atoms with Crippen molar-refractivity contribution in [2.45, 2.75) is 39.5 Å². The van der Waals surface area contributed by atoms with Crippen LogP contribution in [0.3, 0.4) is 0 Å². The zero-order chi connectivity index (χ0) is 12.1. The average Bonchev–Trinajstić information content (AvgIpc) is 2.31. The van der Waals surface area contributed by atoms with Gasteiger partial charge >= 0.3 is 0 Å². The van der Waals surface area contributed by atoms with Crippen molar-refractivity contribution in [3.05, 3.63) is 24.8 Å². The quantitative estimate of drug-likeness (QED) is 0.264. The molecule has 0 aromatic rings. The van der Waals surface area contributed by atoms with E-state index in [1.54, 1.807) is 6.08 Å². The van der Waals surface area contributed by atoms with Crippen molar-refractivity contribution in [3.8, 4) is 11.8 Å². The fraction of sp³-hybridized carbons (Fsp3) is 0.533. The highest BCUT2D eigenvalue weighted by Crippen LogP contribution is 1.97. The summed E-state index contributed by atoms with van der Waals surface area (Å²) in [5.41, 5.74) is 0. The van der Waals surface area contributed by atoms with Crippen molar-refractivity contribution >= 4 is 6.21 Å². The molecule has 0 saturated carbocycles. The zero-order valence-electron chi connectivity index (χ0n) is 10.6. The SMILES string of the molecule is C=C/C=C\CCN=CCCC#CC(C)CC. The maximum atomic E-state index is 4.30. The predicted molar refractivity (Wildman–Crippen MR) is 73.8 cm³/mol. The maximum Gasteiger partial charge on any atom is 0.0420 e. The monoisotopic (exact) mass is 217 g/mol. The molecule has 16 heavy (non-hydrogen) atoms. The summed E-state index contributed by atoms with van der Waals surface area (Å²) in [6.07, 6.45) is 11.8. The highest BCUT2D eigenvalue weighted by Gasteiger charge is 1.87. The topological polar surface area (TPSA) is 12.4 Å². The minimum absolute atomic E-state index is 0.529. The van der Waals surface area contributed by atoms with Gasteiger partial charge in [0.15, 0.2) is 0 Å². The van der Waals surface area contributed by atoms with Gasteiger partial charge in [0.1, 0.15) is 0 Å². The molecular formula is C15H23N. The fourth-order valence-corrected chi connectivity index (χ4v) is 1.01. The lowest BCUT2D eigenvalue weighted by molar-refractivity contribution is 0.722. The molecule has 0 N–H and O–H groups in total. The lowest BCUT2D eigenvalue weighted by Gasteiger charge is -1.93. The number of aliphatic imine (C=N–C) groups is 1. The van der Waals surface area contributed by atoms with Crippen molar-refractivity contribution in [1.29, 1.82) is 0 Å². The number of nitrogens with zero attached hydrogens (tertiary/aromatic N) is 1. The van der Waals surface area contributed by atoms with Gasteiger partial charge < -0.3 is 0 Å². The molecule has 1 nitrogen and oxygen atoms in total. The summed E-state index contributed by atoms with van der Waals surface area (Å²) in [5, 5.41) is 0. The van der Waals surface area contributed by atoms with E-state index < -0.39 is 0 Å². The first-order valence-corrected chi connectivity index (χ1v) is 6.05. The normalized spacial score (nSPS) is 12.6. The molecule has 0 radical (unpaired) electrons. The molecule has 0 aromatic carbocycles. The molecule has 1 atom stereocenters. The highest BCUT2D eigenvalue weighted by atomic mass is 14.7. The fourth-order valence-electron chi connectivity index (χ4n) is 1.01. The molecule has 0 bridgehead atoms. The lowest BCUT2D eigenvalue weighted by atomic mass is 10.1. The molecular weight excluding hydrogens is 194 g/mol. The maximum absolute atomic E-state index is 4.30. The van der Waals surface area contributed by atoms with E-state index in [2.05, 4.69) is 43.3 Å². The first-order chi connectivity index (χ1) is 7.81. The number of rotatable bonds is 7. The Morgan fingerprint density at radius 3 is 2.88 bits per heavy atom. The summed E-state index contributed by atoms with van der Waals surface area (Å²) in [4.78, 5) is 4.30. The molecule has 0 rings (SSSR count). The van der Waals surface area contributed by atoms with E-state index in [1.807, 2.05) is 12.3 Å². The third-order valence-electron chi connectivity index (χ3n) is 2.19. The molecule has 0 amide bonds. The minimum Gasteiger partial charge on any atom is -0.297 e. The number of allylic oxidation sites excluding steroid dienone is 2. The molecule has 1 unspecified atom stereocenters. The largest absolute Gasteiger partial charge is 0.297 e. The van der Waals surface area contributed by atoms with Crippen molar-refractivity contribution in [3.63, 3.8) is 0 Å². The van der Waals surface area contributed by atoms with Crippen molar-refractivity contribution in [2.75, 3.05) is 6.54 Å². The van der Waals surface area contributed by atoms with Crippen LogP contribution in [0.5, 0.6) is 0 Å². The molecule has 88 valence electrons. The standard InChI is InChI=1S/C15H23N/c1-4-6-7-10-13-16-14-11-8-9-12-15(3)5-2/h4,6-7,14-15H,1,5,8,10-11,13H2,2-3H3/b7-6-,16-14?. The summed E-state index contributed by atoms with van der Waals surface area (Å²) in [6, 6.07) is 0. The van der Waals surface area contributed by atoms with Gasteiger partial charge in [-0.1, -0.05) is 38.7 Å². The van der Waals surface area contributed by atoms with E-state index in [1.165, 1.54) is 0 Å². The Morgan fingerprint density at radius 1 is 1.38 bits per heavy atom. The van der Waals surface area contributed by atoms with Gasteiger partial charge in [-0.3, -0.25) is 4.99 Å². The van der Waals surface area contributed by atoms with Crippen LogP contribution in [-0.4, -0.2) is 12.8 Å². The Labute approximate surface area is 100 Å². The van der Waals surface area contributed by atoms with Crippen LogP contribution in [0.2, 0.25) is 0 Å². The van der Waals surface area contributed by atoms with Gasteiger partial charge in [-0.15, -0.1) is 11.8 Å². The minimum atomic E-state index is 0.529. The molecule has 0 aliphatic rings. The van der Waals surface area contributed by atoms with Gasteiger partial charge in [-0.2, -0.15) is 0 Å². The summed E-state index contributed by atoms with van der Waals surface area (Å²) in [5.74, 6) is 6.92. The van der Waals surface area contributed by atoms with E-state index >= 15 is 0 Å². The van der Waals surface area contributed by atoms with Crippen LogP contribution in [0.1, 0.15) is 39.5 Å². The average molecular weight is 217 g/mol. The Kier molecular flexibility index (Phi) is 10.8. The zero-order valence-corrected chi connectivity index (χ0v) is 10.6. The number of unbranched alkanes of at least 4 members (excludes halogenated alkanes) is 1. The summed E-state index contributed by atoms with van der Waals surface area (Å²) < 4.78 is 0. The van der Waals surface area contributed by atoms with Gasteiger partial charge in [0.05, 0.1) is 0 Å². The van der Waals surface area contributed by atoms with Gasteiger partial charge in [-0.25, -0.2) is 0 Å². The van der Waals surface area contributed by atoms with E-state index in [0.29, 0.717) is 5.92 Å². The molecule has 0 aliphatic heterocycles. The second-order valence-corrected chi connectivity index (χ2v) is 3.71. The van der Waals surface area contributed by atoms with Crippen molar-refractivity contribution in [1.82, 2.24) is 0 Å². The Hall–Kier alpha value is -1.29. The Bertz CT molecular complexity index is 276. The van der Waals surface area contributed by atoms with Gasteiger partial charge in [0.25, 0.3) is 0 Å². The highest BCUT2D eigenvalue weighted by molar-refractivity contribution is 5.57. The number of hydrogen-bond acceptors (Lipinski definition) is 1. The van der Waals surface area contributed by atoms with Crippen LogP contribution < -0.4 is 0 Å². The molecule has 0 spiro atoms. The first kappa shape index (κ1) is 14.7. The van der Waals surface area contributed by atoms with Crippen molar-refractivity contribution in [2.24, 2.45) is 10.9 Å². The first-order valence-electron chi connectivity index (χ1n) is 6.05. The van der Waals surface area contributed by atoms with E-state index in [9.17, 15) is 0 Å². The molecule has 0 aromatic heterocycles. The molecule has 0 heterocycles. The number of hydrogen-bond donors (Lipinski definition) is 0. The van der Waals surface area contributed by atoms with Crippen molar-refractivity contribution < 1.29 is 0 Å². The second kappa shape index (κ2) is 11.8.